The van der Waals surface area contributed by atoms with E-state index in [1.807, 2.05) is 18.2 Å². The van der Waals surface area contributed by atoms with Crippen LogP contribution in [0.25, 0.3) is 11.0 Å². The average molecular weight is 270 g/mol. The van der Waals surface area contributed by atoms with Gasteiger partial charge in [-0.2, -0.15) is 0 Å². The minimum Gasteiger partial charge on any atom is -0.481 e. The summed E-state index contributed by atoms with van der Waals surface area (Å²) < 4.78 is 2.46. The van der Waals surface area contributed by atoms with E-state index in [1.54, 1.807) is 4.68 Å². The third-order valence-electron chi connectivity index (χ3n) is 2.02. The standard InChI is InChI=1S/C9H8BrN3O2/c10-6-2-1-3-7-9(6)13(12-11-7)5-4-8(14)15/h1-3H,4-5H2,(H,14,15). The van der Waals surface area contributed by atoms with Crippen molar-refractivity contribution in [2.75, 3.05) is 0 Å². The summed E-state index contributed by atoms with van der Waals surface area (Å²) in [6, 6.07) is 5.58. The number of fused-ring (bicyclic) bond motifs is 1. The van der Waals surface area contributed by atoms with Crippen molar-refractivity contribution in [2.24, 2.45) is 0 Å². The van der Waals surface area contributed by atoms with E-state index >= 15 is 0 Å². The highest BCUT2D eigenvalue weighted by molar-refractivity contribution is 9.10. The summed E-state index contributed by atoms with van der Waals surface area (Å²) >= 11 is 3.39. The smallest absolute Gasteiger partial charge is 0.305 e. The van der Waals surface area contributed by atoms with Crippen molar-refractivity contribution in [3.63, 3.8) is 0 Å². The Morgan fingerprint density at radius 2 is 2.33 bits per heavy atom. The van der Waals surface area contributed by atoms with Gasteiger partial charge in [0.15, 0.2) is 0 Å². The molecule has 0 amide bonds. The summed E-state index contributed by atoms with van der Waals surface area (Å²) in [5.74, 6) is -0.842. The summed E-state index contributed by atoms with van der Waals surface area (Å²) in [4.78, 5) is 10.4. The highest BCUT2D eigenvalue weighted by atomic mass is 79.9. The fourth-order valence-electron chi connectivity index (χ4n) is 1.35. The molecule has 0 aliphatic carbocycles. The minimum absolute atomic E-state index is 0.0415. The summed E-state index contributed by atoms with van der Waals surface area (Å²) in [7, 11) is 0. The van der Waals surface area contributed by atoms with Gasteiger partial charge < -0.3 is 5.11 Å². The number of para-hydroxylation sites is 1. The molecule has 2 aromatic rings. The van der Waals surface area contributed by atoms with E-state index in [2.05, 4.69) is 26.2 Å². The fourth-order valence-corrected chi connectivity index (χ4v) is 1.91. The number of benzene rings is 1. The molecule has 5 nitrogen and oxygen atoms in total. The van der Waals surface area contributed by atoms with Crippen LogP contribution in [0.3, 0.4) is 0 Å². The van der Waals surface area contributed by atoms with E-state index in [0.717, 1.165) is 15.5 Å². The number of hydrogen-bond acceptors (Lipinski definition) is 3. The van der Waals surface area contributed by atoms with Gasteiger partial charge in [0.2, 0.25) is 0 Å². The first-order chi connectivity index (χ1) is 7.18. The molecule has 0 radical (unpaired) electrons. The van der Waals surface area contributed by atoms with Crippen LogP contribution in [0.15, 0.2) is 22.7 Å². The lowest BCUT2D eigenvalue weighted by Gasteiger charge is -2.00. The Labute approximate surface area is 93.8 Å². The number of carboxylic acid groups (broad SMARTS) is 1. The van der Waals surface area contributed by atoms with Crippen molar-refractivity contribution in [2.45, 2.75) is 13.0 Å². The summed E-state index contributed by atoms with van der Waals surface area (Å²) in [6.45, 7) is 0.328. The fraction of sp³-hybridized carbons (Fsp3) is 0.222. The molecular weight excluding hydrogens is 262 g/mol. The molecule has 1 heterocycles. The molecule has 1 aromatic carbocycles. The van der Waals surface area contributed by atoms with Gasteiger partial charge in [-0.1, -0.05) is 11.3 Å². The van der Waals surface area contributed by atoms with Gasteiger partial charge in [-0.25, -0.2) is 4.68 Å². The maximum Gasteiger partial charge on any atom is 0.305 e. The van der Waals surface area contributed by atoms with Crippen molar-refractivity contribution in [3.8, 4) is 0 Å². The lowest BCUT2D eigenvalue weighted by atomic mass is 10.3. The molecule has 78 valence electrons. The highest BCUT2D eigenvalue weighted by Crippen LogP contribution is 2.21. The minimum atomic E-state index is -0.842. The maximum absolute atomic E-state index is 10.4. The monoisotopic (exact) mass is 269 g/mol. The zero-order valence-corrected chi connectivity index (χ0v) is 9.31. The predicted molar refractivity (Wildman–Crippen MR) is 57.5 cm³/mol. The second kappa shape index (κ2) is 3.98. The van der Waals surface area contributed by atoms with Crippen LogP contribution in [0.4, 0.5) is 0 Å². The topological polar surface area (TPSA) is 68.0 Å². The number of aromatic nitrogens is 3. The van der Waals surface area contributed by atoms with E-state index in [0.29, 0.717) is 6.54 Å². The van der Waals surface area contributed by atoms with Gasteiger partial charge >= 0.3 is 5.97 Å². The normalized spacial score (nSPS) is 10.7. The van der Waals surface area contributed by atoms with Gasteiger partial charge in [0.1, 0.15) is 11.0 Å². The molecule has 0 saturated carbocycles. The highest BCUT2D eigenvalue weighted by Gasteiger charge is 2.08. The van der Waals surface area contributed by atoms with Crippen LogP contribution in [-0.2, 0) is 11.3 Å². The maximum atomic E-state index is 10.4. The van der Waals surface area contributed by atoms with Crippen LogP contribution in [-0.4, -0.2) is 26.1 Å². The van der Waals surface area contributed by atoms with Crippen LogP contribution < -0.4 is 0 Å². The molecule has 0 aliphatic heterocycles. The number of carboxylic acids is 1. The van der Waals surface area contributed by atoms with E-state index < -0.39 is 5.97 Å². The summed E-state index contributed by atoms with van der Waals surface area (Å²) in [5, 5.41) is 16.4. The van der Waals surface area contributed by atoms with Crippen LogP contribution in [0, 0.1) is 0 Å². The molecule has 2 rings (SSSR count). The van der Waals surface area contributed by atoms with Crippen molar-refractivity contribution >= 4 is 32.9 Å². The quantitative estimate of drug-likeness (QED) is 0.921. The molecule has 0 aliphatic rings. The van der Waals surface area contributed by atoms with Crippen LogP contribution >= 0.6 is 15.9 Å². The van der Waals surface area contributed by atoms with Crippen LogP contribution in [0.2, 0.25) is 0 Å². The van der Waals surface area contributed by atoms with Gasteiger partial charge in [0, 0.05) is 4.47 Å². The number of carbonyl (C=O) groups is 1. The first-order valence-corrected chi connectivity index (χ1v) is 5.17. The van der Waals surface area contributed by atoms with Crippen molar-refractivity contribution in [3.05, 3.63) is 22.7 Å². The van der Waals surface area contributed by atoms with Crippen molar-refractivity contribution in [1.82, 2.24) is 15.0 Å². The molecule has 1 N–H and O–H groups in total. The number of nitrogens with zero attached hydrogens (tertiary/aromatic N) is 3. The molecule has 0 bridgehead atoms. The zero-order valence-electron chi connectivity index (χ0n) is 7.72. The Morgan fingerprint density at radius 3 is 3.07 bits per heavy atom. The second-order valence-electron chi connectivity index (χ2n) is 3.06. The van der Waals surface area contributed by atoms with Gasteiger partial charge in [0.25, 0.3) is 0 Å². The Balaban J connectivity index is 2.39. The molecule has 15 heavy (non-hydrogen) atoms. The van der Waals surface area contributed by atoms with E-state index in [9.17, 15) is 4.79 Å². The molecular formula is C9H8BrN3O2. The molecule has 1 aromatic heterocycles. The first-order valence-electron chi connectivity index (χ1n) is 4.38. The van der Waals surface area contributed by atoms with E-state index in [-0.39, 0.29) is 6.42 Å². The number of rotatable bonds is 3. The first kappa shape index (κ1) is 10.1. The van der Waals surface area contributed by atoms with Crippen LogP contribution in [0.1, 0.15) is 6.42 Å². The lowest BCUT2D eigenvalue weighted by molar-refractivity contribution is -0.137. The van der Waals surface area contributed by atoms with Crippen LogP contribution in [0.5, 0.6) is 0 Å². The third kappa shape index (κ3) is 1.99. The van der Waals surface area contributed by atoms with Gasteiger partial charge in [0.05, 0.1) is 13.0 Å². The SMILES string of the molecule is O=C(O)CCn1nnc2cccc(Br)c21. The largest absolute Gasteiger partial charge is 0.481 e. The van der Waals surface area contributed by atoms with Crippen molar-refractivity contribution in [1.29, 1.82) is 0 Å². The summed E-state index contributed by atoms with van der Waals surface area (Å²) in [5.41, 5.74) is 1.59. The Kier molecular flexibility index (Phi) is 2.68. The van der Waals surface area contributed by atoms with Crippen molar-refractivity contribution < 1.29 is 9.90 Å². The molecule has 0 spiro atoms. The predicted octanol–water partition coefficient (Wildman–Crippen LogP) is 1.67. The van der Waals surface area contributed by atoms with Gasteiger partial charge in [-0.15, -0.1) is 5.10 Å². The summed E-state index contributed by atoms with van der Waals surface area (Å²) in [6.07, 6.45) is 0.0415. The molecule has 6 heteroatoms. The third-order valence-corrected chi connectivity index (χ3v) is 2.66. The van der Waals surface area contributed by atoms with Gasteiger partial charge in [-0.3, -0.25) is 4.79 Å². The number of hydrogen-bond donors (Lipinski definition) is 1. The number of aryl methyl sites for hydroxylation is 1. The van der Waals surface area contributed by atoms with E-state index in [4.69, 9.17) is 5.11 Å². The Morgan fingerprint density at radius 1 is 1.53 bits per heavy atom. The molecule has 0 fully saturated rings. The van der Waals surface area contributed by atoms with Gasteiger partial charge in [-0.05, 0) is 28.1 Å². The lowest BCUT2D eigenvalue weighted by Crippen LogP contribution is -2.06. The molecule has 0 saturated heterocycles. The average Bonchev–Trinajstić information content (AvgIpc) is 2.59. The number of halogens is 1. The zero-order chi connectivity index (χ0) is 10.8. The Bertz CT molecular complexity index is 509. The van der Waals surface area contributed by atoms with E-state index in [1.165, 1.54) is 0 Å². The second-order valence-corrected chi connectivity index (χ2v) is 3.92. The molecule has 0 unspecified atom stereocenters. The number of aliphatic carboxylic acids is 1. The Hall–Kier alpha value is -1.43. The molecule has 0 atom stereocenters.